The Balaban J connectivity index is 2.69. The van der Waals surface area contributed by atoms with Gasteiger partial charge in [0.05, 0.1) is 18.3 Å². The Kier molecular flexibility index (Phi) is 1.91. The van der Waals surface area contributed by atoms with Crippen LogP contribution in [0.2, 0.25) is 0 Å². The molecule has 0 radical (unpaired) electrons. The molecule has 0 saturated carbocycles. The lowest BCUT2D eigenvalue weighted by molar-refractivity contribution is -0.121. The highest BCUT2D eigenvalue weighted by atomic mass is 16.5. The summed E-state index contributed by atoms with van der Waals surface area (Å²) in [6, 6.07) is 1.91. The van der Waals surface area contributed by atoms with Crippen molar-refractivity contribution >= 4 is 0 Å². The molecule has 1 unspecified atom stereocenters. The zero-order valence-electron chi connectivity index (χ0n) is 6.92. The Hall–Kier alpha value is -0.590. The van der Waals surface area contributed by atoms with Crippen molar-refractivity contribution in [1.29, 1.82) is 5.26 Å². The van der Waals surface area contributed by atoms with Gasteiger partial charge >= 0.3 is 0 Å². The number of nitrogens with zero attached hydrogens (tertiary/aromatic N) is 1. The number of nitriles is 1. The van der Waals surface area contributed by atoms with Gasteiger partial charge in [0.15, 0.2) is 5.60 Å². The first-order chi connectivity index (χ1) is 4.97. The first kappa shape index (κ1) is 8.51. The van der Waals surface area contributed by atoms with Crippen LogP contribution >= 0.6 is 0 Å². The van der Waals surface area contributed by atoms with Crippen LogP contribution in [0, 0.1) is 11.3 Å². The Morgan fingerprint density at radius 2 is 2.18 bits per heavy atom. The average Bonchev–Trinajstić information content (AvgIpc) is 1.85. The van der Waals surface area contributed by atoms with Crippen molar-refractivity contribution in [1.82, 2.24) is 0 Å². The van der Waals surface area contributed by atoms with Crippen LogP contribution in [0.5, 0.6) is 0 Å². The molecule has 1 saturated heterocycles. The van der Waals surface area contributed by atoms with E-state index in [1.807, 2.05) is 19.9 Å². The number of ether oxygens (including phenoxy) is 1. The maximum absolute atomic E-state index is 9.57. The molecular formula is C8H13NO2. The third-order valence-electron chi connectivity index (χ3n) is 1.93. The summed E-state index contributed by atoms with van der Waals surface area (Å²) in [6.45, 7) is 4.24. The van der Waals surface area contributed by atoms with E-state index in [-0.39, 0.29) is 5.60 Å². The molecule has 1 rings (SSSR count). The van der Waals surface area contributed by atoms with Gasteiger partial charge in [-0.1, -0.05) is 0 Å². The molecule has 0 spiro atoms. The molecule has 1 atom stereocenters. The van der Waals surface area contributed by atoms with Gasteiger partial charge in [-0.2, -0.15) is 5.26 Å². The third kappa shape index (κ3) is 1.92. The van der Waals surface area contributed by atoms with Gasteiger partial charge in [0.2, 0.25) is 0 Å². The molecule has 11 heavy (non-hydrogen) atoms. The second-order valence-electron chi connectivity index (χ2n) is 3.68. The number of aliphatic hydroxyl groups is 1. The van der Waals surface area contributed by atoms with E-state index < -0.39 is 5.60 Å². The van der Waals surface area contributed by atoms with Gasteiger partial charge in [0, 0.05) is 12.8 Å². The maximum Gasteiger partial charge on any atom is 0.155 e. The maximum atomic E-state index is 9.57. The van der Waals surface area contributed by atoms with E-state index in [4.69, 9.17) is 10.00 Å². The van der Waals surface area contributed by atoms with E-state index in [1.165, 1.54) is 0 Å². The number of rotatable bonds is 0. The summed E-state index contributed by atoms with van der Waals surface area (Å²) >= 11 is 0. The van der Waals surface area contributed by atoms with Gasteiger partial charge in [-0.05, 0) is 13.8 Å². The molecule has 0 aromatic heterocycles. The SMILES string of the molecule is CC1(C)CC(O)(C#N)CCO1. The molecule has 3 heteroatoms. The second-order valence-corrected chi connectivity index (χ2v) is 3.68. The summed E-state index contributed by atoms with van der Waals surface area (Å²) in [6.07, 6.45) is 0.823. The minimum absolute atomic E-state index is 0.358. The van der Waals surface area contributed by atoms with Gasteiger partial charge in [0.25, 0.3) is 0 Å². The van der Waals surface area contributed by atoms with Crippen LogP contribution < -0.4 is 0 Å². The molecule has 0 aromatic carbocycles. The Bertz CT molecular complexity index is 195. The molecule has 1 N–H and O–H groups in total. The molecule has 3 nitrogen and oxygen atoms in total. The van der Waals surface area contributed by atoms with Gasteiger partial charge in [-0.3, -0.25) is 0 Å². The molecule has 1 fully saturated rings. The zero-order chi connectivity index (χ0) is 8.54. The summed E-state index contributed by atoms with van der Waals surface area (Å²) in [5.41, 5.74) is -1.52. The topological polar surface area (TPSA) is 53.2 Å². The largest absolute Gasteiger partial charge is 0.375 e. The zero-order valence-corrected chi connectivity index (χ0v) is 6.92. The lowest BCUT2D eigenvalue weighted by Crippen LogP contribution is -2.44. The van der Waals surface area contributed by atoms with Crippen LogP contribution in [-0.2, 0) is 4.74 Å². The van der Waals surface area contributed by atoms with Crippen molar-refractivity contribution in [3.05, 3.63) is 0 Å². The van der Waals surface area contributed by atoms with Crippen molar-refractivity contribution in [2.24, 2.45) is 0 Å². The van der Waals surface area contributed by atoms with Crippen LogP contribution in [-0.4, -0.2) is 22.9 Å². The molecule has 1 heterocycles. The summed E-state index contributed by atoms with van der Waals surface area (Å²) in [5, 5.41) is 18.2. The van der Waals surface area contributed by atoms with Crippen LogP contribution in [0.25, 0.3) is 0 Å². The molecule has 0 bridgehead atoms. The summed E-state index contributed by atoms with van der Waals surface area (Å²) in [5.74, 6) is 0. The van der Waals surface area contributed by atoms with Crippen LogP contribution in [0.15, 0.2) is 0 Å². The van der Waals surface area contributed by atoms with E-state index in [0.717, 1.165) is 0 Å². The van der Waals surface area contributed by atoms with Crippen molar-refractivity contribution < 1.29 is 9.84 Å². The number of hydrogen-bond donors (Lipinski definition) is 1. The van der Waals surface area contributed by atoms with Gasteiger partial charge in [-0.15, -0.1) is 0 Å². The fourth-order valence-electron chi connectivity index (χ4n) is 1.44. The first-order valence-electron chi connectivity index (χ1n) is 3.75. The van der Waals surface area contributed by atoms with Crippen LogP contribution in [0.1, 0.15) is 26.7 Å². The fraction of sp³-hybridized carbons (Fsp3) is 0.875. The Morgan fingerprint density at radius 1 is 1.55 bits per heavy atom. The van der Waals surface area contributed by atoms with Crippen molar-refractivity contribution in [2.75, 3.05) is 6.61 Å². The van der Waals surface area contributed by atoms with E-state index in [2.05, 4.69) is 0 Å². The van der Waals surface area contributed by atoms with E-state index in [9.17, 15) is 5.11 Å². The second kappa shape index (κ2) is 2.47. The number of hydrogen-bond acceptors (Lipinski definition) is 3. The molecule has 0 aliphatic carbocycles. The standard InChI is InChI=1S/C8H13NO2/c1-7(2)5-8(10,6-9)3-4-11-7/h10H,3-5H2,1-2H3. The molecule has 0 aromatic rings. The van der Waals surface area contributed by atoms with E-state index in [0.29, 0.717) is 19.4 Å². The highest BCUT2D eigenvalue weighted by Gasteiger charge is 2.39. The van der Waals surface area contributed by atoms with E-state index in [1.54, 1.807) is 0 Å². The quantitative estimate of drug-likeness (QED) is 0.527. The van der Waals surface area contributed by atoms with Crippen LogP contribution in [0.3, 0.4) is 0 Å². The molecule has 0 amide bonds. The van der Waals surface area contributed by atoms with Crippen molar-refractivity contribution in [3.63, 3.8) is 0 Å². The lowest BCUT2D eigenvalue weighted by atomic mass is 9.85. The minimum atomic E-state index is -1.16. The van der Waals surface area contributed by atoms with Crippen molar-refractivity contribution in [2.45, 2.75) is 37.9 Å². The fourth-order valence-corrected chi connectivity index (χ4v) is 1.44. The van der Waals surface area contributed by atoms with Gasteiger partial charge < -0.3 is 9.84 Å². The Morgan fingerprint density at radius 3 is 2.55 bits per heavy atom. The first-order valence-corrected chi connectivity index (χ1v) is 3.75. The summed E-state index contributed by atoms with van der Waals surface area (Å²) in [7, 11) is 0. The summed E-state index contributed by atoms with van der Waals surface area (Å²) in [4.78, 5) is 0. The predicted octanol–water partition coefficient (Wildman–Crippen LogP) is 0.830. The van der Waals surface area contributed by atoms with Gasteiger partial charge in [-0.25, -0.2) is 0 Å². The molecule has 1 aliphatic heterocycles. The average molecular weight is 155 g/mol. The normalized spacial score (nSPS) is 36.2. The third-order valence-corrected chi connectivity index (χ3v) is 1.93. The smallest absolute Gasteiger partial charge is 0.155 e. The van der Waals surface area contributed by atoms with Gasteiger partial charge in [0.1, 0.15) is 0 Å². The molecular weight excluding hydrogens is 142 g/mol. The monoisotopic (exact) mass is 155 g/mol. The minimum Gasteiger partial charge on any atom is -0.375 e. The predicted molar refractivity (Wildman–Crippen MR) is 39.8 cm³/mol. The highest BCUT2D eigenvalue weighted by Crippen LogP contribution is 2.30. The molecule has 62 valence electrons. The molecule has 1 aliphatic rings. The highest BCUT2D eigenvalue weighted by molar-refractivity contribution is 5.05. The summed E-state index contributed by atoms with van der Waals surface area (Å²) < 4.78 is 5.35. The van der Waals surface area contributed by atoms with Crippen LogP contribution in [0.4, 0.5) is 0 Å². The Labute approximate surface area is 66.6 Å². The lowest BCUT2D eigenvalue weighted by Gasteiger charge is -2.37. The van der Waals surface area contributed by atoms with E-state index >= 15 is 0 Å². The van der Waals surface area contributed by atoms with Crippen molar-refractivity contribution in [3.8, 4) is 6.07 Å².